The van der Waals surface area contributed by atoms with Crippen LogP contribution in [0.2, 0.25) is 0 Å². The Balaban J connectivity index is 1.68. The van der Waals surface area contributed by atoms with Crippen molar-refractivity contribution in [1.29, 1.82) is 0 Å². The van der Waals surface area contributed by atoms with Crippen LogP contribution in [0.4, 0.5) is 5.69 Å². The molecule has 6 nitrogen and oxygen atoms in total. The largest absolute Gasteiger partial charge is 0.344 e. The average Bonchev–Trinajstić information content (AvgIpc) is 3.09. The van der Waals surface area contributed by atoms with Gasteiger partial charge in [0.15, 0.2) is 0 Å². The molecule has 1 heterocycles. The summed E-state index contributed by atoms with van der Waals surface area (Å²) in [5.74, 6) is 0.289. The van der Waals surface area contributed by atoms with Crippen LogP contribution in [-0.4, -0.2) is 21.8 Å². The molecule has 0 aliphatic rings. The van der Waals surface area contributed by atoms with Crippen molar-refractivity contribution < 1.29 is 9.59 Å². The van der Waals surface area contributed by atoms with E-state index in [1.165, 1.54) is 6.20 Å². The molecule has 0 unspecified atom stereocenters. The van der Waals surface area contributed by atoms with Crippen molar-refractivity contribution in [3.8, 4) is 0 Å². The molecule has 0 saturated heterocycles. The normalized spacial score (nSPS) is 11.6. The van der Waals surface area contributed by atoms with Gasteiger partial charge in [0.05, 0.1) is 12.2 Å². The fraction of sp³-hybridized carbons (Fsp3) is 0.150. The molecule has 0 aliphatic heterocycles. The van der Waals surface area contributed by atoms with Gasteiger partial charge >= 0.3 is 0 Å². The topological polar surface area (TPSA) is 86.9 Å². The maximum Gasteiger partial charge on any atom is 0.269 e. The Kier molecular flexibility index (Phi) is 5.12. The zero-order valence-electron chi connectivity index (χ0n) is 14.6. The molecule has 0 saturated carbocycles. The van der Waals surface area contributed by atoms with Gasteiger partial charge in [-0.1, -0.05) is 30.3 Å². The first-order valence-corrected chi connectivity index (χ1v) is 8.32. The van der Waals surface area contributed by atoms with E-state index in [0.29, 0.717) is 22.8 Å². The lowest BCUT2D eigenvalue weighted by atomic mass is 10.1. The standard InChI is InChI=1S/C20H20N4O2/c1-13(22-20(26)18-12-21-14(2)23-18)16-9-6-10-17(11-16)24-19(25)15-7-4-3-5-8-15/h3-13H,1-2H3,(H,21,23)(H,22,26)(H,24,25)/t13-/m0/s1. The third-order valence-electron chi connectivity index (χ3n) is 3.98. The molecule has 1 aromatic heterocycles. The number of H-pyrrole nitrogens is 1. The zero-order valence-corrected chi connectivity index (χ0v) is 14.6. The van der Waals surface area contributed by atoms with Gasteiger partial charge in [0, 0.05) is 11.3 Å². The zero-order chi connectivity index (χ0) is 18.5. The van der Waals surface area contributed by atoms with Crippen molar-refractivity contribution in [2.45, 2.75) is 19.9 Å². The molecule has 3 N–H and O–H groups in total. The fourth-order valence-electron chi connectivity index (χ4n) is 2.57. The van der Waals surface area contributed by atoms with Crippen molar-refractivity contribution in [3.63, 3.8) is 0 Å². The Morgan fingerprint density at radius 3 is 2.50 bits per heavy atom. The summed E-state index contributed by atoms with van der Waals surface area (Å²) < 4.78 is 0. The number of anilines is 1. The number of aryl methyl sites for hydroxylation is 1. The van der Waals surface area contributed by atoms with E-state index in [1.54, 1.807) is 19.1 Å². The molecular formula is C20H20N4O2. The Morgan fingerprint density at radius 2 is 1.81 bits per heavy atom. The number of nitrogens with one attached hydrogen (secondary N) is 3. The summed E-state index contributed by atoms with van der Waals surface area (Å²) in [5.41, 5.74) is 2.58. The van der Waals surface area contributed by atoms with Gasteiger partial charge in [-0.25, -0.2) is 4.98 Å². The lowest BCUT2D eigenvalue weighted by Gasteiger charge is -2.15. The minimum Gasteiger partial charge on any atom is -0.344 e. The van der Waals surface area contributed by atoms with Crippen LogP contribution in [0.3, 0.4) is 0 Å². The molecule has 0 radical (unpaired) electrons. The van der Waals surface area contributed by atoms with Crippen LogP contribution in [-0.2, 0) is 0 Å². The number of hydrogen-bond donors (Lipinski definition) is 3. The smallest absolute Gasteiger partial charge is 0.269 e. The second-order valence-electron chi connectivity index (χ2n) is 6.02. The van der Waals surface area contributed by atoms with E-state index in [1.807, 2.05) is 49.4 Å². The molecule has 0 bridgehead atoms. The fourth-order valence-corrected chi connectivity index (χ4v) is 2.57. The van der Waals surface area contributed by atoms with E-state index in [-0.39, 0.29) is 17.9 Å². The molecule has 0 fully saturated rings. The van der Waals surface area contributed by atoms with Gasteiger partial charge in [-0.05, 0) is 43.7 Å². The minimum atomic E-state index is -0.225. The number of carbonyl (C=O) groups is 2. The molecular weight excluding hydrogens is 328 g/mol. The monoisotopic (exact) mass is 348 g/mol. The number of hydrogen-bond acceptors (Lipinski definition) is 3. The Bertz CT molecular complexity index is 918. The van der Waals surface area contributed by atoms with E-state index >= 15 is 0 Å². The highest BCUT2D eigenvalue weighted by Gasteiger charge is 2.14. The number of nitrogens with zero attached hydrogens (tertiary/aromatic N) is 1. The van der Waals surface area contributed by atoms with Crippen LogP contribution in [0.1, 0.15) is 45.2 Å². The number of imidazole rings is 1. The highest BCUT2D eigenvalue weighted by molar-refractivity contribution is 6.04. The van der Waals surface area contributed by atoms with E-state index in [4.69, 9.17) is 0 Å². The summed E-state index contributed by atoms with van der Waals surface area (Å²) in [7, 11) is 0. The highest BCUT2D eigenvalue weighted by Crippen LogP contribution is 2.18. The highest BCUT2D eigenvalue weighted by atomic mass is 16.2. The van der Waals surface area contributed by atoms with E-state index in [9.17, 15) is 9.59 Å². The molecule has 0 aliphatic carbocycles. The molecule has 26 heavy (non-hydrogen) atoms. The van der Waals surface area contributed by atoms with Crippen LogP contribution >= 0.6 is 0 Å². The van der Waals surface area contributed by atoms with E-state index < -0.39 is 0 Å². The first-order valence-electron chi connectivity index (χ1n) is 8.32. The van der Waals surface area contributed by atoms with Crippen LogP contribution in [0.5, 0.6) is 0 Å². The molecule has 0 spiro atoms. The molecule has 2 amide bonds. The number of aromatic nitrogens is 2. The predicted octanol–water partition coefficient (Wildman–Crippen LogP) is 3.46. The van der Waals surface area contributed by atoms with Crippen molar-refractivity contribution in [3.05, 3.63) is 83.4 Å². The Hall–Kier alpha value is -3.41. The summed E-state index contributed by atoms with van der Waals surface area (Å²) in [4.78, 5) is 31.4. The van der Waals surface area contributed by atoms with Crippen molar-refractivity contribution in [2.75, 3.05) is 5.32 Å². The summed E-state index contributed by atoms with van der Waals surface area (Å²) >= 11 is 0. The minimum absolute atomic E-state index is 0.174. The summed E-state index contributed by atoms with van der Waals surface area (Å²) in [6.07, 6.45) is 1.51. The lowest BCUT2D eigenvalue weighted by Crippen LogP contribution is -2.27. The molecule has 6 heteroatoms. The third kappa shape index (κ3) is 4.16. The maximum atomic E-state index is 12.3. The van der Waals surface area contributed by atoms with Gasteiger partial charge in [0.25, 0.3) is 11.8 Å². The maximum absolute atomic E-state index is 12.3. The van der Waals surface area contributed by atoms with Crippen LogP contribution in [0, 0.1) is 6.92 Å². The van der Waals surface area contributed by atoms with Gasteiger partial charge in [-0.3, -0.25) is 9.59 Å². The van der Waals surface area contributed by atoms with Gasteiger partial charge in [0.1, 0.15) is 11.5 Å². The van der Waals surface area contributed by atoms with Crippen LogP contribution < -0.4 is 10.6 Å². The lowest BCUT2D eigenvalue weighted by molar-refractivity contribution is 0.0934. The SMILES string of the molecule is Cc1ncc(C(=O)N[C@@H](C)c2cccc(NC(=O)c3ccccc3)c2)[nH]1. The van der Waals surface area contributed by atoms with Gasteiger partial charge in [-0.2, -0.15) is 0 Å². The number of amides is 2. The molecule has 3 rings (SSSR count). The third-order valence-corrected chi connectivity index (χ3v) is 3.98. The summed E-state index contributed by atoms with van der Waals surface area (Å²) in [6.45, 7) is 3.68. The van der Waals surface area contributed by atoms with Crippen molar-refractivity contribution in [1.82, 2.24) is 15.3 Å². The van der Waals surface area contributed by atoms with Gasteiger partial charge in [-0.15, -0.1) is 0 Å². The number of rotatable bonds is 5. The van der Waals surface area contributed by atoms with Crippen molar-refractivity contribution in [2.24, 2.45) is 0 Å². The number of benzene rings is 2. The van der Waals surface area contributed by atoms with E-state index in [2.05, 4.69) is 20.6 Å². The quantitative estimate of drug-likeness (QED) is 0.660. The Morgan fingerprint density at radius 1 is 1.04 bits per heavy atom. The first kappa shape index (κ1) is 17.4. The molecule has 2 aromatic carbocycles. The van der Waals surface area contributed by atoms with Crippen LogP contribution in [0.15, 0.2) is 60.8 Å². The molecule has 3 aromatic rings. The number of carbonyl (C=O) groups excluding carboxylic acids is 2. The predicted molar refractivity (Wildman–Crippen MR) is 100 cm³/mol. The number of aromatic amines is 1. The molecule has 132 valence electrons. The second-order valence-corrected chi connectivity index (χ2v) is 6.02. The van der Waals surface area contributed by atoms with Crippen molar-refractivity contribution >= 4 is 17.5 Å². The van der Waals surface area contributed by atoms with Gasteiger partial charge in [0.2, 0.25) is 0 Å². The summed E-state index contributed by atoms with van der Waals surface area (Å²) in [5, 5.41) is 5.79. The van der Waals surface area contributed by atoms with E-state index in [0.717, 1.165) is 5.56 Å². The Labute approximate surface area is 151 Å². The van der Waals surface area contributed by atoms with Crippen LogP contribution in [0.25, 0.3) is 0 Å². The second kappa shape index (κ2) is 7.65. The average molecular weight is 348 g/mol. The van der Waals surface area contributed by atoms with Gasteiger partial charge < -0.3 is 15.6 Å². The molecule has 1 atom stereocenters. The summed E-state index contributed by atoms with van der Waals surface area (Å²) in [6, 6.07) is 16.2. The first-order chi connectivity index (χ1) is 12.5.